The lowest BCUT2D eigenvalue weighted by Crippen LogP contribution is -1.91. The van der Waals surface area contributed by atoms with Crippen molar-refractivity contribution in [1.82, 2.24) is 9.78 Å². The van der Waals surface area contributed by atoms with E-state index in [1.807, 2.05) is 13.2 Å². The third-order valence-electron chi connectivity index (χ3n) is 2.59. The number of carboxylic acid groups (broad SMARTS) is 1. The van der Waals surface area contributed by atoms with E-state index < -0.39 is 5.97 Å². The molecule has 0 aliphatic heterocycles. The Morgan fingerprint density at radius 3 is 3.00 bits per heavy atom. The van der Waals surface area contributed by atoms with Gasteiger partial charge >= 0.3 is 5.97 Å². The van der Waals surface area contributed by atoms with Crippen LogP contribution in [0, 0.1) is 5.82 Å². The highest BCUT2D eigenvalue weighted by Gasteiger charge is 2.05. The number of hydrogen-bond donors (Lipinski definition) is 1. The largest absolute Gasteiger partial charge is 0.478 e. The molecular formula is C14H13FN2O2S. The first-order chi connectivity index (χ1) is 9.54. The minimum Gasteiger partial charge on any atom is -0.478 e. The van der Waals surface area contributed by atoms with E-state index in [4.69, 9.17) is 5.11 Å². The van der Waals surface area contributed by atoms with Crippen molar-refractivity contribution in [3.8, 4) is 0 Å². The predicted molar refractivity (Wildman–Crippen MR) is 75.8 cm³/mol. The quantitative estimate of drug-likeness (QED) is 0.680. The summed E-state index contributed by atoms with van der Waals surface area (Å²) in [6.45, 7) is 0. The van der Waals surface area contributed by atoms with Gasteiger partial charge in [0.2, 0.25) is 0 Å². The second-order valence-electron chi connectivity index (χ2n) is 4.15. The van der Waals surface area contributed by atoms with Crippen LogP contribution in [0.2, 0.25) is 0 Å². The normalized spacial score (nSPS) is 11.1. The molecule has 0 radical (unpaired) electrons. The van der Waals surface area contributed by atoms with Gasteiger partial charge in [0.15, 0.2) is 0 Å². The molecule has 0 fully saturated rings. The number of carbonyl (C=O) groups is 1. The first-order valence-electron chi connectivity index (χ1n) is 5.85. The molecule has 2 rings (SSSR count). The van der Waals surface area contributed by atoms with Crippen LogP contribution in [0.5, 0.6) is 0 Å². The van der Waals surface area contributed by atoms with Crippen LogP contribution >= 0.6 is 11.8 Å². The van der Waals surface area contributed by atoms with Crippen LogP contribution in [-0.2, 0) is 17.6 Å². The van der Waals surface area contributed by atoms with Gasteiger partial charge in [0.05, 0.1) is 6.20 Å². The summed E-state index contributed by atoms with van der Waals surface area (Å²) in [4.78, 5) is 11.6. The van der Waals surface area contributed by atoms with Gasteiger partial charge in [-0.2, -0.15) is 5.10 Å². The number of nitrogens with zero attached hydrogens (tertiary/aromatic N) is 2. The maximum atomic E-state index is 13.2. The molecule has 20 heavy (non-hydrogen) atoms. The number of rotatable bonds is 5. The van der Waals surface area contributed by atoms with Crippen molar-refractivity contribution in [2.45, 2.75) is 10.6 Å². The topological polar surface area (TPSA) is 55.1 Å². The fraction of sp³-hybridized carbons (Fsp3) is 0.143. The SMILES string of the molecule is Cn1cc(SCc2ccc(F)cc2C=CC(=O)O)cn1. The molecule has 0 spiro atoms. The zero-order valence-electron chi connectivity index (χ0n) is 10.8. The summed E-state index contributed by atoms with van der Waals surface area (Å²) in [6.07, 6.45) is 6.06. The minimum absolute atomic E-state index is 0.384. The van der Waals surface area contributed by atoms with E-state index in [9.17, 15) is 9.18 Å². The van der Waals surface area contributed by atoms with Gasteiger partial charge in [0.25, 0.3) is 0 Å². The third-order valence-corrected chi connectivity index (χ3v) is 3.59. The highest BCUT2D eigenvalue weighted by molar-refractivity contribution is 7.98. The van der Waals surface area contributed by atoms with E-state index in [0.29, 0.717) is 11.3 Å². The fourth-order valence-electron chi connectivity index (χ4n) is 1.65. The van der Waals surface area contributed by atoms with E-state index in [1.54, 1.807) is 28.7 Å². The monoisotopic (exact) mass is 292 g/mol. The van der Waals surface area contributed by atoms with Gasteiger partial charge in [-0.15, -0.1) is 11.8 Å². The molecule has 0 aliphatic rings. The van der Waals surface area contributed by atoms with Crippen LogP contribution < -0.4 is 0 Å². The summed E-state index contributed by atoms with van der Waals surface area (Å²) in [5.74, 6) is -0.823. The number of halogens is 1. The molecule has 6 heteroatoms. The Balaban J connectivity index is 2.15. The Bertz CT molecular complexity index is 652. The number of hydrogen-bond acceptors (Lipinski definition) is 3. The first-order valence-corrected chi connectivity index (χ1v) is 6.84. The summed E-state index contributed by atoms with van der Waals surface area (Å²) in [7, 11) is 1.84. The molecule has 1 N–H and O–H groups in total. The first kappa shape index (κ1) is 14.3. The average Bonchev–Trinajstić information content (AvgIpc) is 2.81. The maximum Gasteiger partial charge on any atom is 0.328 e. The minimum atomic E-state index is -1.06. The summed E-state index contributed by atoms with van der Waals surface area (Å²) >= 11 is 1.56. The van der Waals surface area contributed by atoms with Crippen molar-refractivity contribution < 1.29 is 14.3 Å². The number of benzene rings is 1. The van der Waals surface area contributed by atoms with E-state index in [-0.39, 0.29) is 5.82 Å². The molecule has 104 valence electrons. The summed E-state index contributed by atoms with van der Waals surface area (Å²) in [5.41, 5.74) is 1.45. The van der Waals surface area contributed by atoms with Crippen LogP contribution in [0.1, 0.15) is 11.1 Å². The molecule has 1 heterocycles. The molecule has 0 atom stereocenters. The summed E-state index contributed by atoms with van der Waals surface area (Å²) in [6, 6.07) is 4.37. The van der Waals surface area contributed by atoms with Gasteiger partial charge in [0, 0.05) is 30.0 Å². The van der Waals surface area contributed by atoms with Crippen LogP contribution in [0.25, 0.3) is 6.08 Å². The Kier molecular flexibility index (Phi) is 4.57. The average molecular weight is 292 g/mol. The van der Waals surface area contributed by atoms with Crippen LogP contribution in [0.3, 0.4) is 0 Å². The Labute approximate surface area is 119 Å². The number of carboxylic acids is 1. The lowest BCUT2D eigenvalue weighted by Gasteiger charge is -2.05. The molecule has 0 aliphatic carbocycles. The van der Waals surface area contributed by atoms with E-state index in [1.165, 1.54) is 18.2 Å². The predicted octanol–water partition coefficient (Wildman–Crippen LogP) is 2.95. The molecule has 1 aromatic carbocycles. The molecule has 2 aromatic rings. The van der Waals surface area contributed by atoms with Gasteiger partial charge in [-0.3, -0.25) is 4.68 Å². The number of aromatic nitrogens is 2. The van der Waals surface area contributed by atoms with Crippen LogP contribution in [-0.4, -0.2) is 20.9 Å². The van der Waals surface area contributed by atoms with Gasteiger partial charge in [-0.25, -0.2) is 9.18 Å². The smallest absolute Gasteiger partial charge is 0.328 e. The second kappa shape index (κ2) is 6.38. The third kappa shape index (κ3) is 3.96. The van der Waals surface area contributed by atoms with Gasteiger partial charge in [-0.1, -0.05) is 6.07 Å². The zero-order valence-corrected chi connectivity index (χ0v) is 11.6. The molecule has 0 saturated heterocycles. The fourth-order valence-corrected chi connectivity index (χ4v) is 2.58. The highest BCUT2D eigenvalue weighted by atomic mass is 32.2. The van der Waals surface area contributed by atoms with Crippen molar-refractivity contribution >= 4 is 23.8 Å². The summed E-state index contributed by atoms with van der Waals surface area (Å²) in [5, 5.41) is 12.7. The maximum absolute atomic E-state index is 13.2. The number of aryl methyl sites for hydroxylation is 1. The lowest BCUT2D eigenvalue weighted by atomic mass is 10.1. The second-order valence-corrected chi connectivity index (χ2v) is 5.20. The van der Waals surface area contributed by atoms with Crippen molar-refractivity contribution in [3.63, 3.8) is 0 Å². The van der Waals surface area contributed by atoms with E-state index in [2.05, 4.69) is 5.10 Å². The lowest BCUT2D eigenvalue weighted by molar-refractivity contribution is -0.131. The van der Waals surface area contributed by atoms with Crippen molar-refractivity contribution in [3.05, 3.63) is 53.6 Å². The van der Waals surface area contributed by atoms with Crippen LogP contribution in [0.4, 0.5) is 4.39 Å². The van der Waals surface area contributed by atoms with Crippen molar-refractivity contribution in [2.24, 2.45) is 7.05 Å². The molecule has 4 nitrogen and oxygen atoms in total. The summed E-state index contributed by atoms with van der Waals surface area (Å²) < 4.78 is 14.9. The number of thioether (sulfide) groups is 1. The Morgan fingerprint density at radius 1 is 1.55 bits per heavy atom. The molecular weight excluding hydrogens is 279 g/mol. The van der Waals surface area contributed by atoms with Gasteiger partial charge < -0.3 is 5.11 Å². The van der Waals surface area contributed by atoms with Crippen molar-refractivity contribution in [2.75, 3.05) is 0 Å². The highest BCUT2D eigenvalue weighted by Crippen LogP contribution is 2.25. The Hall–Kier alpha value is -2.08. The van der Waals surface area contributed by atoms with Gasteiger partial charge in [-0.05, 0) is 29.3 Å². The van der Waals surface area contributed by atoms with Crippen molar-refractivity contribution in [1.29, 1.82) is 0 Å². The number of aliphatic carboxylic acids is 1. The molecule has 0 saturated carbocycles. The van der Waals surface area contributed by atoms with Gasteiger partial charge in [0.1, 0.15) is 5.82 Å². The van der Waals surface area contributed by atoms with E-state index >= 15 is 0 Å². The standard InChI is InChI=1S/C14H13FN2O2S/c1-17-8-13(7-16-17)20-9-11-2-4-12(15)6-10(11)3-5-14(18)19/h2-8H,9H2,1H3,(H,18,19). The zero-order chi connectivity index (χ0) is 14.5. The molecule has 0 bridgehead atoms. The molecule has 1 aromatic heterocycles. The molecule has 0 amide bonds. The Morgan fingerprint density at radius 2 is 2.35 bits per heavy atom. The molecule has 0 unspecified atom stereocenters. The van der Waals surface area contributed by atoms with E-state index in [0.717, 1.165) is 16.5 Å². The van der Waals surface area contributed by atoms with Crippen LogP contribution in [0.15, 0.2) is 41.6 Å².